The number of benzene rings is 2. The van der Waals surface area contributed by atoms with Gasteiger partial charge in [-0.2, -0.15) is 0 Å². The molecule has 0 bridgehead atoms. The zero-order valence-electron chi connectivity index (χ0n) is 14.1. The SMILES string of the molecule is COc1cc(C(=O)Nc2cc([N+](=O)[O-])ccc2C)c([N+](=O)[O-])cc1OC. The molecule has 0 spiro atoms. The number of ether oxygens (including phenoxy) is 2. The Bertz CT molecular complexity index is 896. The number of aryl methyl sites for hydroxylation is 1. The van der Waals surface area contributed by atoms with Crippen LogP contribution in [0.3, 0.4) is 0 Å². The van der Waals surface area contributed by atoms with E-state index in [1.165, 1.54) is 38.5 Å². The van der Waals surface area contributed by atoms with E-state index in [0.29, 0.717) is 5.56 Å². The molecule has 2 rings (SSSR count). The number of rotatable bonds is 6. The molecule has 0 aliphatic carbocycles. The number of nitrogens with one attached hydrogen (secondary N) is 1. The Balaban J connectivity index is 2.48. The second kappa shape index (κ2) is 7.47. The van der Waals surface area contributed by atoms with Crippen LogP contribution in [-0.4, -0.2) is 30.0 Å². The standard InChI is InChI=1S/C16H15N3O7/c1-9-4-5-10(18(21)22)6-12(9)17-16(20)11-7-14(25-2)15(26-3)8-13(11)19(23)24/h4-8H,1-3H3,(H,17,20). The van der Waals surface area contributed by atoms with Crippen LogP contribution >= 0.6 is 0 Å². The fraction of sp³-hybridized carbons (Fsp3) is 0.188. The Morgan fingerprint density at radius 3 is 2.15 bits per heavy atom. The number of carbonyl (C=O) groups is 1. The Morgan fingerprint density at radius 2 is 1.62 bits per heavy atom. The maximum absolute atomic E-state index is 12.6. The minimum atomic E-state index is -0.804. The van der Waals surface area contributed by atoms with Gasteiger partial charge in [-0.05, 0) is 12.5 Å². The molecule has 1 N–H and O–H groups in total. The summed E-state index contributed by atoms with van der Waals surface area (Å²) in [6.45, 7) is 1.64. The predicted molar refractivity (Wildman–Crippen MR) is 92.0 cm³/mol. The lowest BCUT2D eigenvalue weighted by atomic mass is 10.1. The molecule has 10 nitrogen and oxygen atoms in total. The molecule has 0 heterocycles. The van der Waals surface area contributed by atoms with E-state index >= 15 is 0 Å². The molecule has 1 amide bonds. The fourth-order valence-electron chi connectivity index (χ4n) is 2.25. The minimum Gasteiger partial charge on any atom is -0.493 e. The second-order valence-electron chi connectivity index (χ2n) is 5.19. The lowest BCUT2D eigenvalue weighted by molar-refractivity contribution is -0.385. The Hall–Kier alpha value is -3.69. The van der Waals surface area contributed by atoms with E-state index in [1.54, 1.807) is 6.92 Å². The van der Waals surface area contributed by atoms with Crippen LogP contribution in [-0.2, 0) is 0 Å². The van der Waals surface area contributed by atoms with Gasteiger partial charge in [0, 0.05) is 18.2 Å². The molecule has 2 aromatic rings. The van der Waals surface area contributed by atoms with Crippen molar-refractivity contribution < 1.29 is 24.1 Å². The van der Waals surface area contributed by atoms with Crippen LogP contribution in [0.1, 0.15) is 15.9 Å². The first kappa shape index (κ1) is 18.6. The summed E-state index contributed by atoms with van der Waals surface area (Å²) >= 11 is 0. The van der Waals surface area contributed by atoms with Crippen molar-refractivity contribution in [2.45, 2.75) is 6.92 Å². The van der Waals surface area contributed by atoms with E-state index in [4.69, 9.17) is 9.47 Å². The molecule has 0 unspecified atom stereocenters. The van der Waals surface area contributed by atoms with Crippen LogP contribution < -0.4 is 14.8 Å². The summed E-state index contributed by atoms with van der Waals surface area (Å²) in [5, 5.41) is 24.6. The van der Waals surface area contributed by atoms with Gasteiger partial charge in [-0.25, -0.2) is 0 Å². The van der Waals surface area contributed by atoms with Crippen LogP contribution in [0.4, 0.5) is 17.1 Å². The van der Waals surface area contributed by atoms with Gasteiger partial charge in [-0.15, -0.1) is 0 Å². The molecule has 2 aromatic carbocycles. The highest BCUT2D eigenvalue weighted by Crippen LogP contribution is 2.35. The van der Waals surface area contributed by atoms with Crippen molar-refractivity contribution in [3.63, 3.8) is 0 Å². The summed E-state index contributed by atoms with van der Waals surface area (Å²) in [6.07, 6.45) is 0. The number of nitro groups is 2. The molecular formula is C16H15N3O7. The summed E-state index contributed by atoms with van der Waals surface area (Å²) in [6, 6.07) is 6.20. The molecule has 136 valence electrons. The van der Waals surface area contributed by atoms with E-state index < -0.39 is 21.4 Å². The first-order chi connectivity index (χ1) is 12.3. The average Bonchev–Trinajstić information content (AvgIpc) is 2.61. The van der Waals surface area contributed by atoms with Crippen LogP contribution in [0, 0.1) is 27.2 Å². The van der Waals surface area contributed by atoms with Gasteiger partial charge < -0.3 is 14.8 Å². The zero-order valence-corrected chi connectivity index (χ0v) is 14.1. The summed E-state index contributed by atoms with van der Waals surface area (Å²) < 4.78 is 10.1. The highest BCUT2D eigenvalue weighted by atomic mass is 16.6. The van der Waals surface area contributed by atoms with E-state index in [9.17, 15) is 25.0 Å². The highest BCUT2D eigenvalue weighted by molar-refractivity contribution is 6.08. The first-order valence-electron chi connectivity index (χ1n) is 7.25. The van der Waals surface area contributed by atoms with Crippen LogP contribution in [0.5, 0.6) is 11.5 Å². The third-order valence-electron chi connectivity index (χ3n) is 3.62. The topological polar surface area (TPSA) is 134 Å². The molecule has 0 aromatic heterocycles. The monoisotopic (exact) mass is 361 g/mol. The van der Waals surface area contributed by atoms with Crippen LogP contribution in [0.15, 0.2) is 30.3 Å². The van der Waals surface area contributed by atoms with E-state index in [0.717, 1.165) is 6.07 Å². The number of anilines is 1. The molecule has 0 radical (unpaired) electrons. The molecule has 10 heteroatoms. The number of carbonyl (C=O) groups excluding carboxylic acids is 1. The van der Waals surface area contributed by atoms with Gasteiger partial charge >= 0.3 is 0 Å². The summed E-state index contributed by atoms with van der Waals surface area (Å²) in [7, 11) is 2.64. The number of hydrogen-bond donors (Lipinski definition) is 1. The lowest BCUT2D eigenvalue weighted by Gasteiger charge is -2.12. The largest absolute Gasteiger partial charge is 0.493 e. The minimum absolute atomic E-state index is 0.0993. The van der Waals surface area contributed by atoms with Gasteiger partial charge in [0.25, 0.3) is 17.3 Å². The van der Waals surface area contributed by atoms with Gasteiger partial charge in [0.05, 0.1) is 35.8 Å². The molecule has 0 atom stereocenters. The number of nitro benzene ring substituents is 2. The maximum atomic E-state index is 12.6. The lowest BCUT2D eigenvalue weighted by Crippen LogP contribution is -2.15. The van der Waals surface area contributed by atoms with Crippen molar-refractivity contribution in [2.75, 3.05) is 19.5 Å². The molecule has 0 saturated heterocycles. The van der Waals surface area contributed by atoms with Gasteiger partial charge in [-0.1, -0.05) is 6.07 Å². The third-order valence-corrected chi connectivity index (χ3v) is 3.62. The third kappa shape index (κ3) is 3.69. The molecule has 0 aliphatic rings. The van der Waals surface area contributed by atoms with E-state index in [-0.39, 0.29) is 28.4 Å². The predicted octanol–water partition coefficient (Wildman–Crippen LogP) is 3.08. The zero-order chi connectivity index (χ0) is 19.4. The average molecular weight is 361 g/mol. The summed E-state index contributed by atoms with van der Waals surface area (Å²) in [4.78, 5) is 33.4. The quantitative estimate of drug-likeness (QED) is 0.617. The van der Waals surface area contributed by atoms with Crippen molar-refractivity contribution in [3.8, 4) is 11.5 Å². The van der Waals surface area contributed by atoms with E-state index in [1.807, 2.05) is 0 Å². The number of nitrogens with zero attached hydrogens (tertiary/aromatic N) is 2. The Morgan fingerprint density at radius 1 is 1.00 bits per heavy atom. The van der Waals surface area contributed by atoms with Crippen molar-refractivity contribution >= 4 is 23.0 Å². The van der Waals surface area contributed by atoms with Crippen LogP contribution in [0.25, 0.3) is 0 Å². The Labute approximate surface area is 147 Å². The molecule has 26 heavy (non-hydrogen) atoms. The Kier molecular flexibility index (Phi) is 5.36. The van der Waals surface area contributed by atoms with Gasteiger partial charge in [0.15, 0.2) is 11.5 Å². The van der Waals surface area contributed by atoms with E-state index in [2.05, 4.69) is 5.32 Å². The summed E-state index contributed by atoms with van der Waals surface area (Å²) in [5.74, 6) is -0.567. The molecular weight excluding hydrogens is 346 g/mol. The van der Waals surface area contributed by atoms with Gasteiger partial charge in [0.1, 0.15) is 5.56 Å². The summed E-state index contributed by atoms with van der Waals surface area (Å²) in [5.41, 5.74) is -0.227. The number of hydrogen-bond acceptors (Lipinski definition) is 7. The first-order valence-corrected chi connectivity index (χ1v) is 7.25. The second-order valence-corrected chi connectivity index (χ2v) is 5.19. The van der Waals surface area contributed by atoms with Crippen molar-refractivity contribution in [2.24, 2.45) is 0 Å². The van der Waals surface area contributed by atoms with Crippen LogP contribution in [0.2, 0.25) is 0 Å². The number of non-ortho nitro benzene ring substituents is 1. The number of methoxy groups -OCH3 is 2. The highest BCUT2D eigenvalue weighted by Gasteiger charge is 2.25. The molecule has 0 saturated carbocycles. The molecule has 0 aliphatic heterocycles. The van der Waals surface area contributed by atoms with Crippen molar-refractivity contribution in [1.29, 1.82) is 0 Å². The normalized spacial score (nSPS) is 10.1. The smallest absolute Gasteiger partial charge is 0.286 e. The van der Waals surface area contributed by atoms with Crippen molar-refractivity contribution in [1.82, 2.24) is 0 Å². The fourth-order valence-corrected chi connectivity index (χ4v) is 2.25. The van der Waals surface area contributed by atoms with Crippen molar-refractivity contribution in [3.05, 3.63) is 61.7 Å². The molecule has 0 fully saturated rings. The van der Waals surface area contributed by atoms with Gasteiger partial charge in [-0.3, -0.25) is 25.0 Å². The van der Waals surface area contributed by atoms with Gasteiger partial charge in [0.2, 0.25) is 0 Å². The maximum Gasteiger partial charge on any atom is 0.286 e. The number of amides is 1.